The van der Waals surface area contributed by atoms with Gasteiger partial charge in [-0.15, -0.1) is 12.4 Å². The van der Waals surface area contributed by atoms with Gasteiger partial charge in [-0.25, -0.2) is 4.57 Å². The highest BCUT2D eigenvalue weighted by Gasteiger charge is 1.98. The van der Waals surface area contributed by atoms with Crippen LogP contribution in [0.3, 0.4) is 0 Å². The molecular formula is C31H56BrClN2. The van der Waals surface area contributed by atoms with Crippen molar-refractivity contribution >= 4 is 12.4 Å². The second-order valence-electron chi connectivity index (χ2n) is 9.71. The number of aromatic nitrogens is 1. The third-order valence-electron chi connectivity index (χ3n) is 5.49. The lowest BCUT2D eigenvalue weighted by Gasteiger charge is -2.02. The first-order valence-corrected chi connectivity index (χ1v) is 13.6. The average molecular weight is 572 g/mol. The summed E-state index contributed by atoms with van der Waals surface area (Å²) in [6.07, 6.45) is 24.4. The molecule has 0 radical (unpaired) electrons. The largest absolute Gasteiger partial charge is 1.00 e. The molecule has 1 aromatic carbocycles. The highest BCUT2D eigenvalue weighted by molar-refractivity contribution is 5.85. The van der Waals surface area contributed by atoms with Crippen LogP contribution in [0.4, 0.5) is 0 Å². The quantitative estimate of drug-likeness (QED) is 0.186. The lowest BCUT2D eigenvalue weighted by atomic mass is 10.0. The first-order valence-electron chi connectivity index (χ1n) is 13.6. The van der Waals surface area contributed by atoms with Crippen LogP contribution < -0.4 is 21.5 Å². The molecule has 0 spiro atoms. The van der Waals surface area contributed by atoms with Crippen molar-refractivity contribution in [3.63, 3.8) is 0 Å². The van der Waals surface area contributed by atoms with Gasteiger partial charge in [-0.3, -0.25) is 0 Å². The minimum absolute atomic E-state index is 0. The lowest BCUT2D eigenvalue weighted by Crippen LogP contribution is -3.00. The van der Waals surface area contributed by atoms with Crippen molar-refractivity contribution in [2.75, 3.05) is 21.1 Å². The Morgan fingerprint density at radius 2 is 0.914 bits per heavy atom. The number of rotatable bonds is 15. The molecule has 2 nitrogen and oxygen atoms in total. The van der Waals surface area contributed by atoms with Crippen LogP contribution in [-0.2, 0) is 6.54 Å². The molecule has 0 N–H and O–H groups in total. The minimum Gasteiger partial charge on any atom is -1.00 e. The van der Waals surface area contributed by atoms with Gasteiger partial charge in [0, 0.05) is 18.6 Å². The van der Waals surface area contributed by atoms with E-state index in [2.05, 4.69) is 61.1 Å². The molecule has 2 aromatic rings. The molecule has 1 heterocycles. The SMILES string of the molecule is CCCCCCCCCCCCCCCC[n+]1ccccc1.CN(C)C.Cc1ccccc1.Cl.[Br-]. The van der Waals surface area contributed by atoms with Crippen molar-refractivity contribution in [1.29, 1.82) is 0 Å². The van der Waals surface area contributed by atoms with Crippen LogP contribution in [-0.4, -0.2) is 26.0 Å². The number of hydrogen-bond acceptors (Lipinski definition) is 1. The number of unbranched alkanes of at least 4 members (excludes halogenated alkanes) is 13. The Morgan fingerprint density at radius 1 is 0.571 bits per heavy atom. The predicted molar refractivity (Wildman–Crippen MR) is 155 cm³/mol. The molecule has 4 heteroatoms. The molecule has 2 rings (SSSR count). The van der Waals surface area contributed by atoms with E-state index in [4.69, 9.17) is 0 Å². The van der Waals surface area contributed by atoms with E-state index >= 15 is 0 Å². The van der Waals surface area contributed by atoms with Crippen LogP contribution in [0.1, 0.15) is 102 Å². The van der Waals surface area contributed by atoms with Crippen LogP contribution in [0.25, 0.3) is 0 Å². The van der Waals surface area contributed by atoms with Crippen molar-refractivity contribution in [1.82, 2.24) is 4.90 Å². The standard InChI is InChI=1S/C21H38N.C7H8.C3H9N.BrH.ClH/c1-2-3-4-5-6-7-8-9-10-11-12-13-14-16-19-22-20-17-15-18-21-22;1-7-5-3-2-4-6-7;1-4(2)3;;/h15,17-18,20-21H,2-14,16,19H2,1H3;2-6H,1H3;1-3H3;2*1H/q+1;;;;/p-1. The molecule has 0 unspecified atom stereocenters. The van der Waals surface area contributed by atoms with E-state index in [1.54, 1.807) is 0 Å². The Hall–Kier alpha value is -0.900. The predicted octanol–water partition coefficient (Wildman–Crippen LogP) is 6.05. The van der Waals surface area contributed by atoms with Gasteiger partial charge in [-0.05, 0) is 34.5 Å². The molecule has 204 valence electrons. The summed E-state index contributed by atoms with van der Waals surface area (Å²) in [6.45, 7) is 5.55. The number of nitrogens with zero attached hydrogens (tertiary/aromatic N) is 2. The van der Waals surface area contributed by atoms with E-state index in [0.717, 1.165) is 0 Å². The van der Waals surface area contributed by atoms with Crippen LogP contribution in [0.5, 0.6) is 0 Å². The van der Waals surface area contributed by atoms with Crippen LogP contribution >= 0.6 is 12.4 Å². The fourth-order valence-electron chi connectivity index (χ4n) is 3.61. The van der Waals surface area contributed by atoms with E-state index in [0.29, 0.717) is 0 Å². The van der Waals surface area contributed by atoms with Crippen molar-refractivity contribution in [3.05, 3.63) is 66.5 Å². The summed E-state index contributed by atoms with van der Waals surface area (Å²) in [5, 5.41) is 0. The van der Waals surface area contributed by atoms with E-state index in [1.165, 1.54) is 102 Å². The third kappa shape index (κ3) is 33.1. The minimum atomic E-state index is 0. The highest BCUT2D eigenvalue weighted by atomic mass is 79.9. The second kappa shape index (κ2) is 31.1. The maximum Gasteiger partial charge on any atom is 0.168 e. The Labute approximate surface area is 236 Å². The summed E-state index contributed by atoms with van der Waals surface area (Å²) in [5.41, 5.74) is 1.32. The van der Waals surface area contributed by atoms with Gasteiger partial charge in [0.05, 0.1) is 0 Å². The van der Waals surface area contributed by atoms with E-state index < -0.39 is 0 Å². The Morgan fingerprint density at radius 3 is 1.26 bits per heavy atom. The lowest BCUT2D eigenvalue weighted by molar-refractivity contribution is -0.697. The van der Waals surface area contributed by atoms with Gasteiger partial charge in [0.15, 0.2) is 12.4 Å². The van der Waals surface area contributed by atoms with Gasteiger partial charge >= 0.3 is 0 Å². The van der Waals surface area contributed by atoms with Crippen molar-refractivity contribution in [3.8, 4) is 0 Å². The molecule has 35 heavy (non-hydrogen) atoms. The Bertz CT molecular complexity index is 605. The van der Waals surface area contributed by atoms with Crippen LogP contribution in [0.2, 0.25) is 0 Å². The van der Waals surface area contributed by atoms with Crippen molar-refractivity contribution < 1.29 is 21.5 Å². The number of halogens is 2. The summed E-state index contributed by atoms with van der Waals surface area (Å²) in [6, 6.07) is 16.6. The van der Waals surface area contributed by atoms with E-state index in [-0.39, 0.29) is 29.4 Å². The molecule has 0 aliphatic carbocycles. The van der Waals surface area contributed by atoms with Crippen LogP contribution in [0, 0.1) is 6.92 Å². The maximum atomic E-state index is 2.29. The first kappa shape index (κ1) is 38.6. The first-order chi connectivity index (χ1) is 16.1. The monoisotopic (exact) mass is 570 g/mol. The molecule has 0 aliphatic rings. The Kier molecular flexibility index (Phi) is 34.4. The van der Waals surface area contributed by atoms with Gasteiger partial charge < -0.3 is 21.9 Å². The summed E-state index contributed by atoms with van der Waals surface area (Å²) in [4.78, 5) is 2.00. The molecule has 0 saturated heterocycles. The van der Waals surface area contributed by atoms with Gasteiger partial charge in [0.25, 0.3) is 0 Å². The molecular weight excluding hydrogens is 516 g/mol. The van der Waals surface area contributed by atoms with E-state index in [9.17, 15) is 0 Å². The number of hydrogen-bond donors (Lipinski definition) is 0. The summed E-state index contributed by atoms with van der Waals surface area (Å²) in [7, 11) is 6.00. The molecule has 0 aliphatic heterocycles. The zero-order valence-corrected chi connectivity index (χ0v) is 26.0. The summed E-state index contributed by atoms with van der Waals surface area (Å²) < 4.78 is 2.29. The number of benzene rings is 1. The van der Waals surface area contributed by atoms with Gasteiger partial charge in [-0.2, -0.15) is 0 Å². The third-order valence-corrected chi connectivity index (χ3v) is 5.49. The molecule has 0 saturated carbocycles. The molecule has 1 aromatic heterocycles. The number of pyridine rings is 1. The van der Waals surface area contributed by atoms with Crippen molar-refractivity contribution in [2.45, 2.75) is 110 Å². The molecule has 0 atom stereocenters. The maximum absolute atomic E-state index is 2.29. The average Bonchev–Trinajstić information content (AvgIpc) is 2.80. The normalized spacial score (nSPS) is 9.66. The van der Waals surface area contributed by atoms with Gasteiger partial charge in [0.2, 0.25) is 0 Å². The highest BCUT2D eigenvalue weighted by Crippen LogP contribution is 2.12. The molecule has 0 bridgehead atoms. The molecule has 0 fully saturated rings. The topological polar surface area (TPSA) is 7.12 Å². The number of aryl methyl sites for hydroxylation is 2. The smallest absolute Gasteiger partial charge is 0.168 e. The second-order valence-corrected chi connectivity index (χ2v) is 9.71. The van der Waals surface area contributed by atoms with E-state index in [1.807, 2.05) is 44.2 Å². The fraction of sp³-hybridized carbons (Fsp3) is 0.645. The van der Waals surface area contributed by atoms with Gasteiger partial charge in [-0.1, -0.05) is 126 Å². The Balaban J connectivity index is -0.000000653. The zero-order chi connectivity index (χ0) is 24.4. The fourth-order valence-corrected chi connectivity index (χ4v) is 3.61. The zero-order valence-electron chi connectivity index (χ0n) is 23.6. The summed E-state index contributed by atoms with van der Waals surface area (Å²) in [5.74, 6) is 0. The van der Waals surface area contributed by atoms with Gasteiger partial charge in [0.1, 0.15) is 6.54 Å². The molecule has 0 amide bonds. The summed E-state index contributed by atoms with van der Waals surface area (Å²) >= 11 is 0. The van der Waals surface area contributed by atoms with Crippen LogP contribution in [0.15, 0.2) is 60.9 Å². The van der Waals surface area contributed by atoms with Crippen molar-refractivity contribution in [2.24, 2.45) is 0 Å².